The second kappa shape index (κ2) is 8.27. The average Bonchev–Trinajstić information content (AvgIpc) is 2.61. The lowest BCUT2D eigenvalue weighted by atomic mass is 9.97. The zero-order valence-corrected chi connectivity index (χ0v) is 14.0. The molecule has 134 valence electrons. The first kappa shape index (κ1) is 18.4. The number of likely N-dealkylation sites (tertiary alicyclic amines) is 1. The molecule has 1 aromatic rings. The van der Waals surface area contributed by atoms with Gasteiger partial charge in [-0.1, -0.05) is 0 Å². The highest BCUT2D eigenvalue weighted by molar-refractivity contribution is 6.39. The summed E-state index contributed by atoms with van der Waals surface area (Å²) >= 11 is 0. The molecule has 1 aromatic carbocycles. The number of carbonyl (C=O) groups excluding carboxylic acids is 4. The molecule has 2 rings (SSSR count). The minimum atomic E-state index is -0.763. The number of anilines is 1. The number of ether oxygens (including phenoxy) is 1. The van der Waals surface area contributed by atoms with Crippen molar-refractivity contribution in [3.05, 3.63) is 29.8 Å². The summed E-state index contributed by atoms with van der Waals surface area (Å²) in [4.78, 5) is 48.4. The smallest absolute Gasteiger partial charge is 0.313 e. The number of nitrogens with one attached hydrogen (secondary N) is 1. The van der Waals surface area contributed by atoms with Gasteiger partial charge in [0.05, 0.1) is 12.5 Å². The molecule has 0 saturated carbocycles. The van der Waals surface area contributed by atoms with Gasteiger partial charge in [-0.3, -0.25) is 19.2 Å². The zero-order chi connectivity index (χ0) is 18.4. The summed E-state index contributed by atoms with van der Waals surface area (Å²) in [6.07, 6.45) is 0.955. The maximum atomic E-state index is 12.2. The molecule has 1 aliphatic heterocycles. The third-order valence-corrected chi connectivity index (χ3v) is 4.02. The number of hydrogen-bond donors (Lipinski definition) is 2. The number of amides is 3. The van der Waals surface area contributed by atoms with Gasteiger partial charge in [-0.15, -0.1) is 0 Å². The van der Waals surface area contributed by atoms with Crippen LogP contribution in [0.3, 0.4) is 0 Å². The molecule has 3 N–H and O–H groups in total. The number of benzene rings is 1. The van der Waals surface area contributed by atoms with E-state index in [9.17, 15) is 19.2 Å². The minimum Gasteiger partial charge on any atom is -0.466 e. The van der Waals surface area contributed by atoms with Crippen LogP contribution in [0.1, 0.15) is 30.1 Å². The number of esters is 1. The maximum Gasteiger partial charge on any atom is 0.313 e. The first-order chi connectivity index (χ1) is 11.9. The van der Waals surface area contributed by atoms with E-state index in [0.29, 0.717) is 43.8 Å². The molecule has 0 radical (unpaired) electrons. The second-order valence-corrected chi connectivity index (χ2v) is 5.71. The van der Waals surface area contributed by atoms with Crippen molar-refractivity contribution in [2.75, 3.05) is 25.0 Å². The summed E-state index contributed by atoms with van der Waals surface area (Å²) < 4.78 is 4.98. The Morgan fingerprint density at radius 2 is 1.76 bits per heavy atom. The molecular formula is C17H21N3O5. The average molecular weight is 347 g/mol. The molecule has 8 nitrogen and oxygen atoms in total. The fourth-order valence-corrected chi connectivity index (χ4v) is 2.62. The van der Waals surface area contributed by atoms with Crippen molar-refractivity contribution in [3.8, 4) is 0 Å². The largest absolute Gasteiger partial charge is 0.466 e. The van der Waals surface area contributed by atoms with Crippen LogP contribution >= 0.6 is 0 Å². The molecule has 0 spiro atoms. The number of piperidine rings is 1. The molecule has 0 aromatic heterocycles. The fourth-order valence-electron chi connectivity index (χ4n) is 2.62. The first-order valence-electron chi connectivity index (χ1n) is 8.09. The van der Waals surface area contributed by atoms with Crippen molar-refractivity contribution < 1.29 is 23.9 Å². The lowest BCUT2D eigenvalue weighted by Gasteiger charge is -2.30. The van der Waals surface area contributed by atoms with E-state index in [2.05, 4.69) is 5.32 Å². The standard InChI is InChI=1S/C17H21N3O5/c1-2-25-17(24)12-7-9-20(10-8-12)16(23)15(22)19-13-5-3-11(4-6-13)14(18)21/h3-6,12H,2,7-10H2,1H3,(H2,18,21)(H,19,22). The van der Waals surface area contributed by atoms with Crippen LogP contribution in [0.25, 0.3) is 0 Å². The SMILES string of the molecule is CCOC(=O)C1CCN(C(=O)C(=O)Nc2ccc(C(N)=O)cc2)CC1. The van der Waals surface area contributed by atoms with E-state index in [-0.39, 0.29) is 11.9 Å². The van der Waals surface area contributed by atoms with Crippen LogP contribution in [0.4, 0.5) is 5.69 Å². The van der Waals surface area contributed by atoms with Crippen LogP contribution in [0, 0.1) is 5.92 Å². The third-order valence-electron chi connectivity index (χ3n) is 4.02. The number of rotatable bonds is 4. The van der Waals surface area contributed by atoms with E-state index >= 15 is 0 Å². The molecule has 25 heavy (non-hydrogen) atoms. The van der Waals surface area contributed by atoms with E-state index < -0.39 is 17.7 Å². The number of nitrogens with two attached hydrogens (primary N) is 1. The Morgan fingerprint density at radius 3 is 2.28 bits per heavy atom. The lowest BCUT2D eigenvalue weighted by Crippen LogP contribution is -2.45. The van der Waals surface area contributed by atoms with E-state index in [1.165, 1.54) is 29.2 Å². The highest BCUT2D eigenvalue weighted by Gasteiger charge is 2.30. The van der Waals surface area contributed by atoms with Crippen molar-refractivity contribution in [1.82, 2.24) is 4.90 Å². The van der Waals surface area contributed by atoms with Crippen LogP contribution in [-0.4, -0.2) is 48.3 Å². The number of carbonyl (C=O) groups is 4. The van der Waals surface area contributed by atoms with Crippen LogP contribution in [-0.2, 0) is 19.1 Å². The zero-order valence-electron chi connectivity index (χ0n) is 14.0. The number of primary amides is 1. The van der Waals surface area contributed by atoms with Crippen LogP contribution < -0.4 is 11.1 Å². The summed E-state index contributed by atoms with van der Waals surface area (Å²) in [5.41, 5.74) is 5.85. The molecular weight excluding hydrogens is 326 g/mol. The second-order valence-electron chi connectivity index (χ2n) is 5.71. The van der Waals surface area contributed by atoms with Crippen molar-refractivity contribution in [2.24, 2.45) is 11.7 Å². The molecule has 0 aliphatic carbocycles. The highest BCUT2D eigenvalue weighted by Crippen LogP contribution is 2.19. The molecule has 1 aliphatic rings. The summed E-state index contributed by atoms with van der Waals surface area (Å²) in [5, 5.41) is 2.49. The molecule has 1 saturated heterocycles. The van der Waals surface area contributed by atoms with Gasteiger partial charge >= 0.3 is 17.8 Å². The van der Waals surface area contributed by atoms with E-state index in [1.807, 2.05) is 0 Å². The molecule has 0 atom stereocenters. The first-order valence-corrected chi connectivity index (χ1v) is 8.09. The highest BCUT2D eigenvalue weighted by atomic mass is 16.5. The van der Waals surface area contributed by atoms with Gasteiger partial charge in [0.25, 0.3) is 0 Å². The summed E-state index contributed by atoms with van der Waals surface area (Å²) in [7, 11) is 0. The van der Waals surface area contributed by atoms with E-state index in [0.717, 1.165) is 0 Å². The summed E-state index contributed by atoms with van der Waals surface area (Å²) in [6, 6.07) is 5.93. The Bertz CT molecular complexity index is 663. The van der Waals surface area contributed by atoms with Gasteiger partial charge in [-0.2, -0.15) is 0 Å². The van der Waals surface area contributed by atoms with E-state index in [1.54, 1.807) is 6.92 Å². The maximum absolute atomic E-state index is 12.2. The van der Waals surface area contributed by atoms with Gasteiger partial charge in [-0.25, -0.2) is 0 Å². The Balaban J connectivity index is 1.87. The quantitative estimate of drug-likeness (QED) is 0.608. The normalized spacial score (nSPS) is 14.7. The van der Waals surface area contributed by atoms with Gasteiger partial charge in [0.1, 0.15) is 0 Å². The van der Waals surface area contributed by atoms with Crippen LogP contribution in [0.5, 0.6) is 0 Å². The van der Waals surface area contributed by atoms with Gasteiger partial charge in [0, 0.05) is 24.3 Å². The van der Waals surface area contributed by atoms with Crippen molar-refractivity contribution in [3.63, 3.8) is 0 Å². The third kappa shape index (κ3) is 4.79. The van der Waals surface area contributed by atoms with Crippen LogP contribution in [0.2, 0.25) is 0 Å². The van der Waals surface area contributed by atoms with Crippen molar-refractivity contribution in [1.29, 1.82) is 0 Å². The van der Waals surface area contributed by atoms with Gasteiger partial charge in [0.2, 0.25) is 5.91 Å². The topological polar surface area (TPSA) is 119 Å². The van der Waals surface area contributed by atoms with Crippen molar-refractivity contribution >= 4 is 29.4 Å². The number of hydrogen-bond acceptors (Lipinski definition) is 5. The Labute approximate surface area is 145 Å². The minimum absolute atomic E-state index is 0.228. The molecule has 0 bridgehead atoms. The summed E-state index contributed by atoms with van der Waals surface area (Å²) in [6.45, 7) is 2.73. The molecule has 3 amide bonds. The van der Waals surface area contributed by atoms with Gasteiger partial charge < -0.3 is 20.7 Å². The number of nitrogens with zero attached hydrogens (tertiary/aromatic N) is 1. The molecule has 1 heterocycles. The Hall–Kier alpha value is -2.90. The Kier molecular flexibility index (Phi) is 6.10. The predicted molar refractivity (Wildman–Crippen MR) is 89.5 cm³/mol. The van der Waals surface area contributed by atoms with E-state index in [4.69, 9.17) is 10.5 Å². The molecule has 0 unspecified atom stereocenters. The fraction of sp³-hybridized carbons (Fsp3) is 0.412. The van der Waals surface area contributed by atoms with Gasteiger partial charge in [0.15, 0.2) is 0 Å². The lowest BCUT2D eigenvalue weighted by molar-refractivity contribution is -0.152. The van der Waals surface area contributed by atoms with Gasteiger partial charge in [-0.05, 0) is 44.0 Å². The van der Waals surface area contributed by atoms with Crippen molar-refractivity contribution in [2.45, 2.75) is 19.8 Å². The van der Waals surface area contributed by atoms with Crippen LogP contribution in [0.15, 0.2) is 24.3 Å². The molecule has 8 heteroatoms. The molecule has 1 fully saturated rings. The summed E-state index contributed by atoms with van der Waals surface area (Å²) in [5.74, 6) is -2.47. The monoisotopic (exact) mass is 347 g/mol. The Morgan fingerprint density at radius 1 is 1.16 bits per heavy atom. The predicted octanol–water partition coefficient (Wildman–Crippen LogP) is 0.526.